The van der Waals surface area contributed by atoms with Gasteiger partial charge in [0.1, 0.15) is 34.9 Å². The van der Waals surface area contributed by atoms with Crippen molar-refractivity contribution in [3.63, 3.8) is 0 Å². The highest BCUT2D eigenvalue weighted by Crippen LogP contribution is 2.48. The molecule has 0 spiro atoms. The van der Waals surface area contributed by atoms with Crippen molar-refractivity contribution >= 4 is 11.8 Å². The molecule has 0 unspecified atom stereocenters. The Morgan fingerprint density at radius 2 is 1.09 bits per heavy atom. The van der Waals surface area contributed by atoms with Crippen LogP contribution in [-0.2, 0) is 28.4 Å². The zero-order chi connectivity index (χ0) is 33.6. The number of aromatic nitrogens is 4. The molecule has 0 radical (unpaired) electrons. The van der Waals surface area contributed by atoms with Crippen LogP contribution in [0.4, 0.5) is 17.6 Å². The molecule has 2 aliphatic carbocycles. The largest absolute Gasteiger partial charge is 0.462 e. The molecule has 12 heteroatoms. The third-order valence-electron chi connectivity index (χ3n) is 9.03. The van der Waals surface area contributed by atoms with Crippen LogP contribution in [0.2, 0.25) is 0 Å². The lowest BCUT2D eigenvalue weighted by molar-refractivity contribution is 0.0525. The number of Topliss-reactive ketones (excluding diaryl/α,β-unsaturated/α-hetero) is 1. The Morgan fingerprint density at radius 3 is 1.40 bits per heavy atom. The number of rotatable bonds is 10. The fourth-order valence-electron chi connectivity index (χ4n) is 6.33. The molecule has 0 aliphatic heterocycles. The zero-order valence-corrected chi connectivity index (χ0v) is 25.9. The summed E-state index contributed by atoms with van der Waals surface area (Å²) in [5, 5.41) is 0. The number of hydrogen-bond acceptors (Lipinski definition) is 8. The maximum Gasteiger partial charge on any atom is 0.341 e. The van der Waals surface area contributed by atoms with Gasteiger partial charge in [-0.05, 0) is 56.9 Å². The van der Waals surface area contributed by atoms with E-state index in [9.17, 15) is 27.2 Å². The molecular weight excluding hydrogens is 614 g/mol. The maximum absolute atomic E-state index is 14.2. The van der Waals surface area contributed by atoms with Gasteiger partial charge in [-0.1, -0.05) is 25.0 Å². The molecule has 2 fully saturated rings. The van der Waals surface area contributed by atoms with Crippen LogP contribution in [0.1, 0.15) is 88.9 Å². The second-order valence-electron chi connectivity index (χ2n) is 11.9. The van der Waals surface area contributed by atoms with Crippen LogP contribution in [0.5, 0.6) is 0 Å². The fraction of sp³-hybridized carbons (Fsp3) is 0.371. The lowest BCUT2D eigenvalue weighted by Crippen LogP contribution is -2.39. The number of esters is 1. The number of nitrogens with two attached hydrogens (primary N) is 1. The predicted molar refractivity (Wildman–Crippen MR) is 165 cm³/mol. The van der Waals surface area contributed by atoms with Gasteiger partial charge in [0.25, 0.3) is 0 Å². The standard InChI is InChI=1S/C18H18F2N2O2.C17H17F2N3O/c1-2-24-17(23)12-10-21-15(22-11-12)9-18(7-4-8-18)16-13(19)5-3-6-14(16)20;18-12-3-1-4-13(19)16(12)17(5-2-6-17)7-15-21-9-11(10-22-15)14(23)8-20/h3,5-6,10-11H,2,4,7-9H2,1H3;1,3-4,9-10H,2,5-8,20H2. The highest BCUT2D eigenvalue weighted by Gasteiger charge is 2.44. The molecular formula is C35H35F4N5O3. The van der Waals surface area contributed by atoms with E-state index in [0.29, 0.717) is 55.7 Å². The Kier molecular flexibility index (Phi) is 10.4. The van der Waals surface area contributed by atoms with Crippen molar-refractivity contribution < 1.29 is 31.9 Å². The van der Waals surface area contributed by atoms with Gasteiger partial charge in [0.05, 0.1) is 24.3 Å². The van der Waals surface area contributed by atoms with Gasteiger partial charge in [0.15, 0.2) is 5.78 Å². The van der Waals surface area contributed by atoms with Crippen LogP contribution in [0.25, 0.3) is 0 Å². The third-order valence-corrected chi connectivity index (χ3v) is 9.03. The first-order chi connectivity index (χ1) is 22.6. The Morgan fingerprint density at radius 1 is 0.702 bits per heavy atom. The predicted octanol–water partition coefficient (Wildman–Crippen LogP) is 6.16. The number of hydrogen-bond donors (Lipinski definition) is 1. The summed E-state index contributed by atoms with van der Waals surface area (Å²) in [4.78, 5) is 39.8. The topological polar surface area (TPSA) is 121 Å². The van der Waals surface area contributed by atoms with Crippen molar-refractivity contribution in [1.29, 1.82) is 0 Å². The first-order valence-corrected chi connectivity index (χ1v) is 15.5. The lowest BCUT2D eigenvalue weighted by Gasteiger charge is -2.42. The molecule has 0 amide bonds. The summed E-state index contributed by atoms with van der Waals surface area (Å²) in [6, 6.07) is 7.85. The van der Waals surface area contributed by atoms with E-state index in [4.69, 9.17) is 10.5 Å². The van der Waals surface area contributed by atoms with Crippen molar-refractivity contribution in [1.82, 2.24) is 19.9 Å². The number of ether oxygens (including phenoxy) is 1. The van der Waals surface area contributed by atoms with Crippen molar-refractivity contribution in [3.8, 4) is 0 Å². The van der Waals surface area contributed by atoms with Gasteiger partial charge in [0.2, 0.25) is 0 Å². The summed E-state index contributed by atoms with van der Waals surface area (Å²) < 4.78 is 61.5. The molecule has 2 aromatic heterocycles. The smallest absolute Gasteiger partial charge is 0.341 e. The minimum absolute atomic E-state index is 0.104. The van der Waals surface area contributed by atoms with Gasteiger partial charge in [0, 0.05) is 59.6 Å². The van der Waals surface area contributed by atoms with E-state index in [1.165, 1.54) is 61.2 Å². The van der Waals surface area contributed by atoms with Crippen molar-refractivity contribution in [2.24, 2.45) is 5.73 Å². The van der Waals surface area contributed by atoms with Gasteiger partial charge >= 0.3 is 5.97 Å². The SMILES string of the molecule is CCOC(=O)c1cnc(CC2(c3c(F)cccc3F)CCC2)nc1.NCC(=O)c1cnc(CC2(c3c(F)cccc3F)CCC2)nc1. The second kappa shape index (κ2) is 14.5. The molecule has 2 heterocycles. The van der Waals surface area contributed by atoms with E-state index in [0.717, 1.165) is 12.8 Å². The van der Waals surface area contributed by atoms with Crippen molar-refractivity contribution in [2.45, 2.75) is 69.1 Å². The highest BCUT2D eigenvalue weighted by molar-refractivity contribution is 5.96. The molecule has 6 rings (SSSR count). The third kappa shape index (κ3) is 7.22. The molecule has 2 saturated carbocycles. The van der Waals surface area contributed by atoms with E-state index in [-0.39, 0.29) is 35.6 Å². The summed E-state index contributed by atoms with van der Waals surface area (Å²) in [5.41, 5.74) is 4.93. The quantitative estimate of drug-likeness (QED) is 0.123. The highest BCUT2D eigenvalue weighted by atomic mass is 19.1. The summed E-state index contributed by atoms with van der Waals surface area (Å²) >= 11 is 0. The lowest BCUT2D eigenvalue weighted by atomic mass is 9.62. The van der Waals surface area contributed by atoms with Crippen LogP contribution in [0.3, 0.4) is 0 Å². The van der Waals surface area contributed by atoms with E-state index in [1.54, 1.807) is 6.92 Å². The Bertz CT molecular complexity index is 1690. The average molecular weight is 650 g/mol. The summed E-state index contributed by atoms with van der Waals surface area (Å²) in [5.74, 6) is -1.90. The molecule has 0 atom stereocenters. The average Bonchev–Trinajstić information content (AvgIpc) is 3.02. The Labute approximate surface area is 269 Å². The normalized spacial score (nSPS) is 15.8. The van der Waals surface area contributed by atoms with Crippen LogP contribution < -0.4 is 5.73 Å². The van der Waals surface area contributed by atoms with Gasteiger partial charge in [-0.25, -0.2) is 42.3 Å². The number of nitrogens with zero attached hydrogens (tertiary/aromatic N) is 4. The minimum atomic E-state index is -0.610. The number of ketones is 1. The summed E-state index contributed by atoms with van der Waals surface area (Å²) in [7, 11) is 0. The number of carbonyl (C=O) groups excluding carboxylic acids is 2. The van der Waals surface area contributed by atoms with Crippen molar-refractivity contribution in [3.05, 3.63) is 118 Å². The molecule has 2 N–H and O–H groups in total. The Hall–Kier alpha value is -4.58. The number of carbonyl (C=O) groups is 2. The molecule has 4 aromatic rings. The molecule has 0 bridgehead atoms. The van der Waals surface area contributed by atoms with Crippen LogP contribution >= 0.6 is 0 Å². The van der Waals surface area contributed by atoms with Crippen LogP contribution in [-0.4, -0.2) is 44.8 Å². The number of benzene rings is 2. The molecule has 0 saturated heterocycles. The van der Waals surface area contributed by atoms with Gasteiger partial charge in [-0.15, -0.1) is 0 Å². The van der Waals surface area contributed by atoms with Gasteiger partial charge in [-0.3, -0.25) is 4.79 Å². The molecule has 2 aromatic carbocycles. The number of halogens is 4. The molecule has 2 aliphatic rings. The second-order valence-corrected chi connectivity index (χ2v) is 11.9. The first kappa shape index (κ1) is 33.8. The van der Waals surface area contributed by atoms with E-state index >= 15 is 0 Å². The van der Waals surface area contributed by atoms with E-state index < -0.39 is 40.1 Å². The maximum atomic E-state index is 14.2. The van der Waals surface area contributed by atoms with E-state index in [2.05, 4.69) is 19.9 Å². The fourth-order valence-corrected chi connectivity index (χ4v) is 6.33. The van der Waals surface area contributed by atoms with Crippen LogP contribution in [0, 0.1) is 23.3 Å². The molecule has 47 heavy (non-hydrogen) atoms. The summed E-state index contributed by atoms with van der Waals surface area (Å²) in [6.07, 6.45) is 10.9. The minimum Gasteiger partial charge on any atom is -0.462 e. The van der Waals surface area contributed by atoms with Crippen LogP contribution in [0.15, 0.2) is 61.2 Å². The zero-order valence-electron chi connectivity index (χ0n) is 25.9. The van der Waals surface area contributed by atoms with Crippen molar-refractivity contribution in [2.75, 3.05) is 13.2 Å². The summed E-state index contributed by atoms with van der Waals surface area (Å²) in [6.45, 7) is 1.89. The van der Waals surface area contributed by atoms with Gasteiger partial charge in [-0.2, -0.15) is 0 Å². The molecule has 246 valence electrons. The van der Waals surface area contributed by atoms with Gasteiger partial charge < -0.3 is 10.5 Å². The Balaban J connectivity index is 0.000000185. The van der Waals surface area contributed by atoms with E-state index in [1.807, 2.05) is 0 Å². The monoisotopic (exact) mass is 649 g/mol. The molecule has 8 nitrogen and oxygen atoms in total. The first-order valence-electron chi connectivity index (χ1n) is 15.5.